The van der Waals surface area contributed by atoms with Crippen LogP contribution in [-0.4, -0.2) is 22.5 Å². The minimum Gasteiger partial charge on any atom is -0.493 e. The van der Waals surface area contributed by atoms with Gasteiger partial charge in [0.1, 0.15) is 10.4 Å². The molecule has 1 amide bonds. The maximum Gasteiger partial charge on any atom is 0.260 e. The zero-order valence-electron chi connectivity index (χ0n) is 10.3. The van der Waals surface area contributed by atoms with Crippen LogP contribution in [0.4, 0.5) is 5.82 Å². The summed E-state index contributed by atoms with van der Waals surface area (Å²) in [6.45, 7) is 2.37. The lowest BCUT2D eigenvalue weighted by molar-refractivity contribution is 0.102. The Balaban J connectivity index is 2.18. The third-order valence-electron chi connectivity index (χ3n) is 2.29. The normalized spacial score (nSPS) is 10.0. The molecule has 0 atom stereocenters. The Morgan fingerprint density at radius 1 is 1.32 bits per heavy atom. The number of aromatic nitrogens is 2. The van der Waals surface area contributed by atoms with E-state index in [1.54, 1.807) is 18.2 Å². The number of halogens is 1. The Kier molecular flexibility index (Phi) is 4.46. The summed E-state index contributed by atoms with van der Waals surface area (Å²) < 4.78 is 6.02. The van der Waals surface area contributed by atoms with Gasteiger partial charge in [0.15, 0.2) is 5.82 Å². The fraction of sp³-hybridized carbons (Fsp3) is 0.154. The van der Waals surface area contributed by atoms with E-state index >= 15 is 0 Å². The van der Waals surface area contributed by atoms with Gasteiger partial charge in [-0.2, -0.15) is 0 Å². The molecule has 5 nitrogen and oxygen atoms in total. The van der Waals surface area contributed by atoms with Crippen LogP contribution < -0.4 is 10.1 Å². The first-order valence-corrected chi connectivity index (χ1v) is 6.50. The molecule has 0 aliphatic rings. The number of carbonyl (C=O) groups excluding carboxylic acids is 1. The van der Waals surface area contributed by atoms with Crippen molar-refractivity contribution >= 4 is 27.7 Å². The fourth-order valence-corrected chi connectivity index (χ4v) is 1.70. The number of benzene rings is 1. The Bertz CT molecular complexity index is 572. The minimum absolute atomic E-state index is 0.277. The summed E-state index contributed by atoms with van der Waals surface area (Å²) in [6.07, 6.45) is 3.00. The van der Waals surface area contributed by atoms with Crippen molar-refractivity contribution in [1.82, 2.24) is 9.97 Å². The summed E-state index contributed by atoms with van der Waals surface area (Å²) in [5, 5.41) is 2.67. The summed E-state index contributed by atoms with van der Waals surface area (Å²) in [5.74, 6) is 0.660. The molecule has 0 fully saturated rings. The molecule has 0 spiro atoms. The van der Waals surface area contributed by atoms with E-state index in [1.165, 1.54) is 12.4 Å². The second-order valence-corrected chi connectivity index (χ2v) is 4.42. The molecule has 0 saturated carbocycles. The number of nitrogens with one attached hydrogen (secondary N) is 1. The number of para-hydroxylation sites is 1. The van der Waals surface area contributed by atoms with Crippen LogP contribution in [0.25, 0.3) is 0 Å². The van der Waals surface area contributed by atoms with Gasteiger partial charge in [-0.3, -0.25) is 4.79 Å². The Morgan fingerprint density at radius 2 is 2.11 bits per heavy atom. The minimum atomic E-state index is -0.277. The van der Waals surface area contributed by atoms with E-state index in [1.807, 2.05) is 13.0 Å². The van der Waals surface area contributed by atoms with Crippen molar-refractivity contribution in [2.24, 2.45) is 0 Å². The van der Waals surface area contributed by atoms with E-state index in [0.717, 1.165) is 0 Å². The van der Waals surface area contributed by atoms with Crippen molar-refractivity contribution in [1.29, 1.82) is 0 Å². The standard InChI is InChI=1S/C13H12BrN3O2/c1-2-19-10-6-4-3-5-9(10)13(18)17-12-8-15-11(14)7-16-12/h3-8H,2H2,1H3,(H,16,17,18). The average molecular weight is 322 g/mol. The number of nitrogens with zero attached hydrogens (tertiary/aromatic N) is 2. The van der Waals surface area contributed by atoms with Gasteiger partial charge in [0.05, 0.1) is 24.6 Å². The molecule has 1 aromatic heterocycles. The molecule has 1 N–H and O–H groups in total. The average Bonchev–Trinajstić information content (AvgIpc) is 2.42. The number of ether oxygens (including phenoxy) is 1. The molecule has 2 rings (SSSR count). The molecule has 0 bridgehead atoms. The molecule has 98 valence electrons. The molecule has 2 aromatic rings. The van der Waals surface area contributed by atoms with E-state index in [2.05, 4.69) is 31.2 Å². The van der Waals surface area contributed by atoms with Crippen LogP contribution in [0.15, 0.2) is 41.3 Å². The molecule has 0 aliphatic carbocycles. The van der Waals surface area contributed by atoms with Crippen molar-refractivity contribution in [3.63, 3.8) is 0 Å². The second-order valence-electron chi connectivity index (χ2n) is 3.61. The maximum absolute atomic E-state index is 12.1. The van der Waals surface area contributed by atoms with Gasteiger partial charge in [-0.05, 0) is 35.0 Å². The van der Waals surface area contributed by atoms with Crippen LogP contribution in [0.1, 0.15) is 17.3 Å². The quantitative estimate of drug-likeness (QED) is 0.940. The molecule has 6 heteroatoms. The molecule has 0 radical (unpaired) electrons. The van der Waals surface area contributed by atoms with E-state index in [0.29, 0.717) is 28.3 Å². The number of anilines is 1. The van der Waals surface area contributed by atoms with Crippen LogP contribution in [0.3, 0.4) is 0 Å². The lowest BCUT2D eigenvalue weighted by Crippen LogP contribution is -2.14. The predicted octanol–water partition coefficient (Wildman–Crippen LogP) is 2.89. The van der Waals surface area contributed by atoms with Gasteiger partial charge in [-0.25, -0.2) is 9.97 Å². The van der Waals surface area contributed by atoms with E-state index in [4.69, 9.17) is 4.74 Å². The monoisotopic (exact) mass is 321 g/mol. The first-order chi connectivity index (χ1) is 9.20. The molecular weight excluding hydrogens is 310 g/mol. The zero-order valence-corrected chi connectivity index (χ0v) is 11.8. The Labute approximate surface area is 119 Å². The van der Waals surface area contributed by atoms with Gasteiger partial charge >= 0.3 is 0 Å². The lowest BCUT2D eigenvalue weighted by Gasteiger charge is -2.09. The van der Waals surface area contributed by atoms with Crippen molar-refractivity contribution < 1.29 is 9.53 Å². The molecule has 0 aliphatic heterocycles. The van der Waals surface area contributed by atoms with Gasteiger partial charge < -0.3 is 10.1 Å². The highest BCUT2D eigenvalue weighted by atomic mass is 79.9. The molecule has 0 saturated heterocycles. The fourth-order valence-electron chi connectivity index (χ4n) is 1.50. The number of hydrogen-bond donors (Lipinski definition) is 1. The first-order valence-electron chi connectivity index (χ1n) is 5.71. The molecule has 19 heavy (non-hydrogen) atoms. The van der Waals surface area contributed by atoms with Crippen molar-refractivity contribution in [3.05, 3.63) is 46.8 Å². The number of hydrogen-bond acceptors (Lipinski definition) is 4. The van der Waals surface area contributed by atoms with Gasteiger partial charge in [0, 0.05) is 0 Å². The molecule has 1 aromatic carbocycles. The van der Waals surface area contributed by atoms with E-state index < -0.39 is 0 Å². The number of amides is 1. The van der Waals surface area contributed by atoms with Crippen LogP contribution in [0, 0.1) is 0 Å². The molecule has 0 unspecified atom stereocenters. The van der Waals surface area contributed by atoms with Gasteiger partial charge in [-0.1, -0.05) is 12.1 Å². The predicted molar refractivity (Wildman–Crippen MR) is 75.3 cm³/mol. The summed E-state index contributed by atoms with van der Waals surface area (Å²) >= 11 is 3.18. The van der Waals surface area contributed by atoms with Crippen molar-refractivity contribution in [2.75, 3.05) is 11.9 Å². The van der Waals surface area contributed by atoms with Crippen LogP contribution >= 0.6 is 15.9 Å². The van der Waals surface area contributed by atoms with E-state index in [-0.39, 0.29) is 5.91 Å². The lowest BCUT2D eigenvalue weighted by atomic mass is 10.2. The molecule has 1 heterocycles. The summed E-state index contributed by atoms with van der Waals surface area (Å²) in [5.41, 5.74) is 0.467. The van der Waals surface area contributed by atoms with Gasteiger partial charge in [0.25, 0.3) is 5.91 Å². The highest BCUT2D eigenvalue weighted by Crippen LogP contribution is 2.19. The summed E-state index contributed by atoms with van der Waals surface area (Å²) in [6, 6.07) is 7.06. The molecular formula is C13H12BrN3O2. The van der Waals surface area contributed by atoms with Gasteiger partial charge in [-0.15, -0.1) is 0 Å². The topological polar surface area (TPSA) is 64.1 Å². The zero-order chi connectivity index (χ0) is 13.7. The smallest absolute Gasteiger partial charge is 0.260 e. The van der Waals surface area contributed by atoms with Crippen LogP contribution in [0.5, 0.6) is 5.75 Å². The largest absolute Gasteiger partial charge is 0.493 e. The highest BCUT2D eigenvalue weighted by Gasteiger charge is 2.12. The SMILES string of the molecule is CCOc1ccccc1C(=O)Nc1cnc(Br)cn1. The van der Waals surface area contributed by atoms with Crippen molar-refractivity contribution in [2.45, 2.75) is 6.92 Å². The summed E-state index contributed by atoms with van der Waals surface area (Å²) in [4.78, 5) is 20.2. The first kappa shape index (κ1) is 13.5. The van der Waals surface area contributed by atoms with Crippen LogP contribution in [0.2, 0.25) is 0 Å². The Hall–Kier alpha value is -1.95. The Morgan fingerprint density at radius 3 is 2.79 bits per heavy atom. The summed E-state index contributed by atoms with van der Waals surface area (Å²) in [7, 11) is 0. The third kappa shape index (κ3) is 3.51. The van der Waals surface area contributed by atoms with Crippen molar-refractivity contribution in [3.8, 4) is 5.75 Å². The number of carbonyl (C=O) groups is 1. The van der Waals surface area contributed by atoms with Gasteiger partial charge in [0.2, 0.25) is 0 Å². The highest BCUT2D eigenvalue weighted by molar-refractivity contribution is 9.10. The van der Waals surface area contributed by atoms with E-state index in [9.17, 15) is 4.79 Å². The number of rotatable bonds is 4. The third-order valence-corrected chi connectivity index (χ3v) is 2.70. The second kappa shape index (κ2) is 6.29. The maximum atomic E-state index is 12.1. The van der Waals surface area contributed by atoms with Crippen LogP contribution in [-0.2, 0) is 0 Å².